The number of carbonyl (C=O) groups excluding carboxylic acids is 1. The number of thiazole rings is 1. The van der Waals surface area contributed by atoms with E-state index in [1.807, 2.05) is 44.2 Å². The minimum atomic E-state index is -0.411. The van der Waals surface area contributed by atoms with Gasteiger partial charge in [-0.15, -0.1) is 0 Å². The van der Waals surface area contributed by atoms with Gasteiger partial charge in [0.15, 0.2) is 5.13 Å². The van der Waals surface area contributed by atoms with Gasteiger partial charge < -0.3 is 11.1 Å². The lowest BCUT2D eigenvalue weighted by Gasteiger charge is -2.16. The lowest BCUT2D eigenvalue weighted by atomic mass is 9.92. The molecule has 1 fully saturated rings. The largest absolute Gasteiger partial charge is 0.320 e. The minimum Gasteiger partial charge on any atom is -0.320 e. The van der Waals surface area contributed by atoms with E-state index < -0.39 is 5.41 Å². The zero-order chi connectivity index (χ0) is 21.0. The first-order chi connectivity index (χ1) is 14.0. The molecule has 4 rings (SSSR count). The third-order valence-corrected chi connectivity index (χ3v) is 6.45. The molecule has 1 aliphatic rings. The first kappa shape index (κ1) is 21.2. The summed E-state index contributed by atoms with van der Waals surface area (Å²) in [6, 6.07) is 16.0. The van der Waals surface area contributed by atoms with Gasteiger partial charge in [-0.3, -0.25) is 4.79 Å². The summed E-state index contributed by atoms with van der Waals surface area (Å²) in [4.78, 5) is 18.3. The molecule has 1 amide bonds. The first-order valence-electron chi connectivity index (χ1n) is 10.1. The molecule has 0 unspecified atom stereocenters. The van der Waals surface area contributed by atoms with Crippen LogP contribution in [-0.2, 0) is 10.2 Å². The Hall–Kier alpha value is -2.50. The van der Waals surface area contributed by atoms with Crippen LogP contribution >= 0.6 is 11.3 Å². The number of nitrogens with one attached hydrogen (secondary N) is 1. The fraction of sp³-hybridized carbons (Fsp3) is 0.333. The number of aryl methyl sites for hydroxylation is 2. The molecule has 0 spiro atoms. The molecule has 0 radical (unpaired) electrons. The number of aromatic nitrogens is 1. The van der Waals surface area contributed by atoms with Crippen LogP contribution in [0.5, 0.6) is 0 Å². The average molecular weight is 408 g/mol. The van der Waals surface area contributed by atoms with Crippen molar-refractivity contribution >= 4 is 22.4 Å². The molecule has 1 heterocycles. The molecule has 0 bridgehead atoms. The smallest absolute Gasteiger partial charge is 0.236 e. The Morgan fingerprint density at radius 3 is 2.41 bits per heavy atom. The number of hydrogen-bond acceptors (Lipinski definition) is 4. The van der Waals surface area contributed by atoms with Gasteiger partial charge in [-0.05, 0) is 48.9 Å². The third-order valence-electron chi connectivity index (χ3n) is 5.45. The van der Waals surface area contributed by atoms with Gasteiger partial charge in [-0.2, -0.15) is 0 Å². The van der Waals surface area contributed by atoms with Gasteiger partial charge in [0, 0.05) is 11.1 Å². The van der Waals surface area contributed by atoms with Crippen molar-refractivity contribution in [2.24, 2.45) is 5.73 Å². The van der Waals surface area contributed by atoms with Crippen molar-refractivity contribution in [3.05, 3.63) is 81.9 Å². The van der Waals surface area contributed by atoms with E-state index in [1.165, 1.54) is 22.5 Å². The number of anilines is 1. The molecular weight excluding hydrogens is 378 g/mol. The van der Waals surface area contributed by atoms with Gasteiger partial charge in [0.25, 0.3) is 0 Å². The van der Waals surface area contributed by atoms with E-state index in [0.29, 0.717) is 5.13 Å². The van der Waals surface area contributed by atoms with Crippen molar-refractivity contribution in [3.8, 4) is 0 Å². The van der Waals surface area contributed by atoms with Gasteiger partial charge in [0.2, 0.25) is 5.91 Å². The summed E-state index contributed by atoms with van der Waals surface area (Å²) in [5.74, 6) is 0.0277. The number of amides is 1. The van der Waals surface area contributed by atoms with Crippen molar-refractivity contribution in [1.29, 1.82) is 0 Å². The van der Waals surface area contributed by atoms with E-state index in [9.17, 15) is 4.79 Å². The van der Waals surface area contributed by atoms with E-state index in [1.54, 1.807) is 6.20 Å². The third kappa shape index (κ3) is 4.41. The summed E-state index contributed by atoms with van der Waals surface area (Å²) in [7, 11) is 0. The molecule has 152 valence electrons. The maximum atomic E-state index is 13.0. The fourth-order valence-corrected chi connectivity index (χ4v) is 4.18. The Kier molecular flexibility index (Phi) is 6.50. The highest BCUT2D eigenvalue weighted by Gasteiger charge is 2.51. The summed E-state index contributed by atoms with van der Waals surface area (Å²) in [6.07, 6.45) is 3.51. The average Bonchev–Trinajstić information content (AvgIpc) is 3.44. The molecule has 0 saturated heterocycles. The summed E-state index contributed by atoms with van der Waals surface area (Å²) >= 11 is 1.44. The SMILES string of the molecule is CC.Cc1ccc(C2(C(=O)Nc3ncc([C@H](N)c4ccccc4)s3)CC2)cc1C. The first-order valence-corrected chi connectivity index (χ1v) is 11.0. The molecular formula is C24H29N3OS. The monoisotopic (exact) mass is 407 g/mol. The number of benzene rings is 2. The predicted molar refractivity (Wildman–Crippen MR) is 121 cm³/mol. The van der Waals surface area contributed by atoms with E-state index in [4.69, 9.17) is 5.73 Å². The molecule has 0 aliphatic heterocycles. The predicted octanol–water partition coefficient (Wildman–Crippen LogP) is 5.50. The molecule has 1 saturated carbocycles. The number of carbonyl (C=O) groups is 1. The summed E-state index contributed by atoms with van der Waals surface area (Å²) in [5.41, 5.74) is 10.5. The van der Waals surface area contributed by atoms with Gasteiger partial charge >= 0.3 is 0 Å². The molecule has 4 nitrogen and oxygen atoms in total. The summed E-state index contributed by atoms with van der Waals surface area (Å²) < 4.78 is 0. The van der Waals surface area contributed by atoms with E-state index >= 15 is 0 Å². The second-order valence-corrected chi connectivity index (χ2v) is 8.35. The lowest BCUT2D eigenvalue weighted by molar-refractivity contribution is -0.118. The van der Waals surface area contributed by atoms with Gasteiger partial charge in [-0.25, -0.2) is 4.98 Å². The highest BCUT2D eigenvalue weighted by Crippen LogP contribution is 2.49. The van der Waals surface area contributed by atoms with Crippen LogP contribution < -0.4 is 11.1 Å². The summed E-state index contributed by atoms with van der Waals surface area (Å²) in [6.45, 7) is 8.18. The minimum absolute atomic E-state index is 0.0277. The maximum Gasteiger partial charge on any atom is 0.236 e. The molecule has 3 aromatic rings. The second kappa shape index (κ2) is 8.89. The highest BCUT2D eigenvalue weighted by atomic mass is 32.1. The van der Waals surface area contributed by atoms with Crippen molar-refractivity contribution in [1.82, 2.24) is 4.98 Å². The topological polar surface area (TPSA) is 68.0 Å². The summed E-state index contributed by atoms with van der Waals surface area (Å²) in [5, 5.41) is 3.62. The van der Waals surface area contributed by atoms with E-state index in [-0.39, 0.29) is 11.9 Å². The Morgan fingerprint density at radius 2 is 1.79 bits per heavy atom. The highest BCUT2D eigenvalue weighted by molar-refractivity contribution is 7.15. The van der Waals surface area contributed by atoms with Gasteiger partial charge in [0.05, 0.1) is 11.5 Å². The van der Waals surface area contributed by atoms with Crippen LogP contribution in [-0.4, -0.2) is 10.9 Å². The van der Waals surface area contributed by atoms with Crippen LogP contribution in [0.3, 0.4) is 0 Å². The Balaban J connectivity index is 0.00000117. The Labute approximate surface area is 177 Å². The Bertz CT molecular complexity index is 977. The standard InChI is InChI=1S/C22H23N3OS.C2H6/c1-14-8-9-17(12-15(14)2)22(10-11-22)20(26)25-21-24-13-18(27-21)19(23)16-6-4-3-5-7-16;1-2/h3-9,12-13,19H,10-11,23H2,1-2H3,(H,24,25,26);1-2H3/t19-;/m1./s1. The number of nitrogens with two attached hydrogens (primary N) is 1. The molecule has 1 aromatic heterocycles. The van der Waals surface area contributed by atoms with Crippen LogP contribution in [0.1, 0.15) is 59.9 Å². The number of nitrogens with zero attached hydrogens (tertiary/aromatic N) is 1. The maximum absolute atomic E-state index is 13.0. The second-order valence-electron chi connectivity index (χ2n) is 7.29. The van der Waals surface area contributed by atoms with E-state index in [2.05, 4.69) is 42.3 Å². The normalized spacial score (nSPS) is 15.1. The number of rotatable bonds is 5. The molecule has 29 heavy (non-hydrogen) atoms. The molecule has 1 atom stereocenters. The molecule has 3 N–H and O–H groups in total. The van der Waals surface area contributed by atoms with Crippen molar-refractivity contribution < 1.29 is 4.79 Å². The van der Waals surface area contributed by atoms with Crippen LogP contribution in [0.4, 0.5) is 5.13 Å². The molecule has 2 aromatic carbocycles. The van der Waals surface area contributed by atoms with Crippen LogP contribution in [0.15, 0.2) is 54.7 Å². The van der Waals surface area contributed by atoms with Crippen LogP contribution in [0.25, 0.3) is 0 Å². The zero-order valence-corrected chi connectivity index (χ0v) is 18.3. The number of hydrogen-bond donors (Lipinski definition) is 2. The lowest BCUT2D eigenvalue weighted by Crippen LogP contribution is -2.27. The van der Waals surface area contributed by atoms with Gasteiger partial charge in [-0.1, -0.05) is 73.7 Å². The van der Waals surface area contributed by atoms with Crippen molar-refractivity contribution in [2.45, 2.75) is 52.0 Å². The van der Waals surface area contributed by atoms with Crippen LogP contribution in [0, 0.1) is 13.8 Å². The van der Waals surface area contributed by atoms with E-state index in [0.717, 1.165) is 28.8 Å². The Morgan fingerprint density at radius 1 is 1.10 bits per heavy atom. The quantitative estimate of drug-likeness (QED) is 0.586. The van der Waals surface area contributed by atoms with Crippen molar-refractivity contribution in [3.63, 3.8) is 0 Å². The van der Waals surface area contributed by atoms with Crippen molar-refractivity contribution in [2.75, 3.05) is 5.32 Å². The van der Waals surface area contributed by atoms with Crippen LogP contribution in [0.2, 0.25) is 0 Å². The fourth-order valence-electron chi connectivity index (χ4n) is 3.34. The molecule has 5 heteroatoms. The molecule has 1 aliphatic carbocycles. The van der Waals surface area contributed by atoms with Gasteiger partial charge in [0.1, 0.15) is 0 Å². The zero-order valence-electron chi connectivity index (χ0n) is 17.5.